The highest BCUT2D eigenvalue weighted by molar-refractivity contribution is 7.12. The minimum atomic E-state index is -0.786. The van der Waals surface area contributed by atoms with Gasteiger partial charge in [0.2, 0.25) is 0 Å². The number of aryl methyl sites for hydroxylation is 2. The molecule has 2 N–H and O–H groups in total. The molecule has 0 spiro atoms. The maximum Gasteiger partial charge on any atom is 0.307 e. The molecule has 1 aliphatic carbocycles. The van der Waals surface area contributed by atoms with Crippen LogP contribution >= 0.6 is 11.3 Å². The lowest BCUT2D eigenvalue weighted by Gasteiger charge is -2.05. The van der Waals surface area contributed by atoms with Crippen molar-refractivity contribution < 1.29 is 9.90 Å². The Bertz CT molecular complexity index is 609. The summed E-state index contributed by atoms with van der Waals surface area (Å²) in [4.78, 5) is 13.6. The van der Waals surface area contributed by atoms with Crippen LogP contribution in [0.1, 0.15) is 32.9 Å². The van der Waals surface area contributed by atoms with Gasteiger partial charge in [-0.2, -0.15) is 0 Å². The molecular weight excluding hydrogens is 282 g/mol. The van der Waals surface area contributed by atoms with Crippen molar-refractivity contribution in [2.24, 2.45) is 0 Å². The normalized spacial score (nSPS) is 13.3. The first kappa shape index (κ1) is 14.3. The zero-order valence-corrected chi connectivity index (χ0v) is 12.7. The van der Waals surface area contributed by atoms with Gasteiger partial charge in [0.15, 0.2) is 0 Å². The molecule has 3 rings (SSSR count). The number of aliphatic carboxylic acids is 1. The van der Waals surface area contributed by atoms with Crippen LogP contribution in [0, 0.1) is 0 Å². The molecule has 110 valence electrons. The van der Waals surface area contributed by atoms with E-state index >= 15 is 0 Å². The highest BCUT2D eigenvalue weighted by Gasteiger charge is 2.14. The molecule has 2 aromatic rings. The zero-order valence-electron chi connectivity index (χ0n) is 11.9. The average molecular weight is 301 g/mol. The lowest BCUT2D eigenvalue weighted by Crippen LogP contribution is -2.11. The number of hydrogen-bond acceptors (Lipinski definition) is 3. The van der Waals surface area contributed by atoms with Crippen molar-refractivity contribution in [1.29, 1.82) is 0 Å². The number of benzene rings is 1. The van der Waals surface area contributed by atoms with Gasteiger partial charge in [0.05, 0.1) is 6.42 Å². The first-order valence-corrected chi connectivity index (χ1v) is 8.13. The maximum atomic E-state index is 10.6. The number of thiophene rings is 1. The predicted octanol–water partition coefficient (Wildman–Crippen LogP) is 3.15. The van der Waals surface area contributed by atoms with Gasteiger partial charge in [-0.15, -0.1) is 11.3 Å². The molecule has 0 saturated heterocycles. The van der Waals surface area contributed by atoms with E-state index in [4.69, 9.17) is 5.11 Å². The van der Waals surface area contributed by atoms with E-state index in [1.165, 1.54) is 29.7 Å². The Balaban J connectivity index is 1.49. The summed E-state index contributed by atoms with van der Waals surface area (Å²) in [6.45, 7) is 1.73. The second-order valence-electron chi connectivity index (χ2n) is 5.51. The molecule has 0 aliphatic heterocycles. The number of fused-ring (bicyclic) bond motifs is 1. The molecule has 0 fully saturated rings. The summed E-state index contributed by atoms with van der Waals surface area (Å²) in [5.41, 5.74) is 3.59. The largest absolute Gasteiger partial charge is 0.481 e. The molecular formula is C17H19NO2S. The van der Waals surface area contributed by atoms with E-state index in [-0.39, 0.29) is 6.42 Å². The van der Waals surface area contributed by atoms with Crippen molar-refractivity contribution in [2.75, 3.05) is 0 Å². The highest BCUT2D eigenvalue weighted by Crippen LogP contribution is 2.30. The molecule has 0 unspecified atom stereocenters. The van der Waals surface area contributed by atoms with Crippen LogP contribution < -0.4 is 5.32 Å². The van der Waals surface area contributed by atoms with E-state index in [0.717, 1.165) is 18.7 Å². The van der Waals surface area contributed by atoms with Gasteiger partial charge >= 0.3 is 5.97 Å². The van der Waals surface area contributed by atoms with E-state index in [0.29, 0.717) is 0 Å². The molecule has 3 nitrogen and oxygen atoms in total. The Labute approximate surface area is 128 Å². The molecule has 21 heavy (non-hydrogen) atoms. The standard InChI is InChI=1S/C17H19NO2S/c19-17(20)8-12-4-6-13(7-5-12)10-18-11-15-9-14-2-1-3-16(14)21-15/h4-7,9,18H,1-3,8,10-11H2,(H,19,20). The van der Waals surface area contributed by atoms with E-state index in [1.54, 1.807) is 10.4 Å². The third-order valence-corrected chi connectivity index (χ3v) is 5.04. The fourth-order valence-electron chi connectivity index (χ4n) is 2.76. The number of rotatable bonds is 6. The smallest absolute Gasteiger partial charge is 0.307 e. The van der Waals surface area contributed by atoms with Crippen LogP contribution in [-0.2, 0) is 37.1 Å². The molecule has 0 amide bonds. The summed E-state index contributed by atoms with van der Waals surface area (Å²) in [5, 5.41) is 12.2. The monoisotopic (exact) mass is 301 g/mol. The van der Waals surface area contributed by atoms with E-state index in [1.807, 2.05) is 35.6 Å². The zero-order chi connectivity index (χ0) is 14.7. The van der Waals surface area contributed by atoms with Crippen molar-refractivity contribution in [3.63, 3.8) is 0 Å². The van der Waals surface area contributed by atoms with Crippen LogP contribution in [0.4, 0.5) is 0 Å². The molecule has 0 saturated carbocycles. The summed E-state index contributed by atoms with van der Waals surface area (Å²) < 4.78 is 0. The number of carbonyl (C=O) groups is 1. The molecule has 1 aliphatic rings. The van der Waals surface area contributed by atoms with Gasteiger partial charge in [-0.25, -0.2) is 0 Å². The predicted molar refractivity (Wildman–Crippen MR) is 84.7 cm³/mol. The first-order chi connectivity index (χ1) is 10.2. The van der Waals surface area contributed by atoms with Gasteiger partial charge in [-0.05, 0) is 42.0 Å². The summed E-state index contributed by atoms with van der Waals surface area (Å²) in [7, 11) is 0. The van der Waals surface area contributed by atoms with E-state index in [9.17, 15) is 4.79 Å². The van der Waals surface area contributed by atoms with E-state index in [2.05, 4.69) is 11.4 Å². The average Bonchev–Trinajstić information content (AvgIpc) is 3.01. The van der Waals surface area contributed by atoms with Crippen molar-refractivity contribution in [3.8, 4) is 0 Å². The summed E-state index contributed by atoms with van der Waals surface area (Å²) in [6, 6.07) is 10.1. The second kappa shape index (κ2) is 6.41. The van der Waals surface area contributed by atoms with Crippen LogP contribution in [-0.4, -0.2) is 11.1 Å². The van der Waals surface area contributed by atoms with Gasteiger partial charge in [-0.1, -0.05) is 24.3 Å². The number of hydrogen-bond donors (Lipinski definition) is 2. The van der Waals surface area contributed by atoms with Crippen LogP contribution in [0.2, 0.25) is 0 Å². The third-order valence-electron chi connectivity index (χ3n) is 3.80. The molecule has 0 bridgehead atoms. The molecule has 1 aromatic heterocycles. The molecule has 0 radical (unpaired) electrons. The number of nitrogens with one attached hydrogen (secondary N) is 1. The Morgan fingerprint density at radius 2 is 1.90 bits per heavy atom. The summed E-state index contributed by atoms with van der Waals surface area (Å²) >= 11 is 1.94. The van der Waals surface area contributed by atoms with Crippen LogP contribution in [0.3, 0.4) is 0 Å². The van der Waals surface area contributed by atoms with Gasteiger partial charge in [0.25, 0.3) is 0 Å². The first-order valence-electron chi connectivity index (χ1n) is 7.31. The van der Waals surface area contributed by atoms with Gasteiger partial charge < -0.3 is 10.4 Å². The van der Waals surface area contributed by atoms with E-state index < -0.39 is 5.97 Å². The Kier molecular flexibility index (Phi) is 4.36. The Morgan fingerprint density at radius 3 is 2.62 bits per heavy atom. The number of carboxylic acid groups (broad SMARTS) is 1. The summed E-state index contributed by atoms with van der Waals surface area (Å²) in [6.07, 6.45) is 3.91. The second-order valence-corrected chi connectivity index (χ2v) is 6.73. The molecule has 0 atom stereocenters. The SMILES string of the molecule is O=C(O)Cc1ccc(CNCc2cc3c(s2)CCC3)cc1. The molecule has 1 aromatic carbocycles. The summed E-state index contributed by atoms with van der Waals surface area (Å²) in [5.74, 6) is -0.786. The fraction of sp³-hybridized carbons (Fsp3) is 0.353. The number of carboxylic acids is 1. The minimum Gasteiger partial charge on any atom is -0.481 e. The van der Waals surface area contributed by atoms with Crippen molar-refractivity contribution >= 4 is 17.3 Å². The molecule has 4 heteroatoms. The highest BCUT2D eigenvalue weighted by atomic mass is 32.1. The Morgan fingerprint density at radius 1 is 1.14 bits per heavy atom. The van der Waals surface area contributed by atoms with Crippen molar-refractivity contribution in [3.05, 3.63) is 56.8 Å². The minimum absolute atomic E-state index is 0.0917. The Hall–Kier alpha value is -1.65. The van der Waals surface area contributed by atoms with Crippen molar-refractivity contribution in [2.45, 2.75) is 38.8 Å². The third kappa shape index (κ3) is 3.71. The van der Waals surface area contributed by atoms with Gasteiger partial charge in [-0.3, -0.25) is 4.79 Å². The van der Waals surface area contributed by atoms with Gasteiger partial charge in [0.1, 0.15) is 0 Å². The van der Waals surface area contributed by atoms with Crippen molar-refractivity contribution in [1.82, 2.24) is 5.32 Å². The lowest BCUT2D eigenvalue weighted by atomic mass is 10.1. The maximum absolute atomic E-state index is 10.6. The molecule has 1 heterocycles. The van der Waals surface area contributed by atoms with Crippen LogP contribution in [0.25, 0.3) is 0 Å². The lowest BCUT2D eigenvalue weighted by molar-refractivity contribution is -0.136. The fourth-order valence-corrected chi connectivity index (χ4v) is 3.99. The van der Waals surface area contributed by atoms with Crippen LogP contribution in [0.15, 0.2) is 30.3 Å². The topological polar surface area (TPSA) is 49.3 Å². The van der Waals surface area contributed by atoms with Crippen LogP contribution in [0.5, 0.6) is 0 Å². The van der Waals surface area contributed by atoms with Gasteiger partial charge in [0, 0.05) is 22.8 Å². The quantitative estimate of drug-likeness (QED) is 0.861.